The summed E-state index contributed by atoms with van der Waals surface area (Å²) in [6.45, 7) is 10.2. The van der Waals surface area contributed by atoms with Crippen LogP contribution in [0.1, 0.15) is 52.9 Å². The molecule has 3 nitrogen and oxygen atoms in total. The molecular formula is C14H28O3Si. The van der Waals surface area contributed by atoms with Crippen LogP contribution in [0.4, 0.5) is 0 Å². The lowest BCUT2D eigenvalue weighted by Gasteiger charge is -2.17. The van der Waals surface area contributed by atoms with Gasteiger partial charge in [0.25, 0.3) is 0 Å². The number of unbranched alkanes of at least 4 members (excludes halogenated alkanes) is 2. The molecule has 0 aliphatic rings. The van der Waals surface area contributed by atoms with Gasteiger partial charge in [-0.05, 0) is 25.8 Å². The smallest absolute Gasteiger partial charge is 0.330 e. The molecular weight excluding hydrogens is 244 g/mol. The molecule has 0 fully saturated rings. The Balaban J connectivity index is 3.87. The lowest BCUT2D eigenvalue weighted by molar-refractivity contribution is -0.137. The Kier molecular flexibility index (Phi) is 11.1. The number of hydrogen-bond donors (Lipinski definition) is 0. The Morgan fingerprint density at radius 3 is 2.61 bits per heavy atom. The van der Waals surface area contributed by atoms with Crippen LogP contribution < -0.4 is 0 Å². The Morgan fingerprint density at radius 1 is 1.33 bits per heavy atom. The normalized spacial score (nSPS) is 13.1. The average molecular weight is 272 g/mol. The molecule has 0 heterocycles. The molecule has 0 radical (unpaired) electrons. The zero-order valence-electron chi connectivity index (χ0n) is 12.1. The van der Waals surface area contributed by atoms with Crippen molar-refractivity contribution in [2.24, 2.45) is 0 Å². The Morgan fingerprint density at radius 2 is 2.06 bits per heavy atom. The summed E-state index contributed by atoms with van der Waals surface area (Å²) in [7, 11) is -0.518. The van der Waals surface area contributed by atoms with Crippen molar-refractivity contribution in [3.05, 3.63) is 12.7 Å². The molecule has 18 heavy (non-hydrogen) atoms. The number of ether oxygens (including phenoxy) is 1. The van der Waals surface area contributed by atoms with Gasteiger partial charge in [0.15, 0.2) is 9.76 Å². The van der Waals surface area contributed by atoms with Gasteiger partial charge in [-0.2, -0.15) is 0 Å². The minimum absolute atomic E-state index is 0.320. The first kappa shape index (κ1) is 17.4. The lowest BCUT2D eigenvalue weighted by atomic mass is 10.1. The zero-order valence-corrected chi connectivity index (χ0v) is 13.5. The van der Waals surface area contributed by atoms with E-state index in [1.54, 1.807) is 0 Å². The fourth-order valence-corrected chi connectivity index (χ4v) is 3.15. The van der Waals surface area contributed by atoms with E-state index in [-0.39, 0.29) is 5.97 Å². The van der Waals surface area contributed by atoms with Gasteiger partial charge in [0.1, 0.15) is 0 Å². The second kappa shape index (κ2) is 11.5. The van der Waals surface area contributed by atoms with Gasteiger partial charge in [0, 0.05) is 12.2 Å². The van der Waals surface area contributed by atoms with Crippen LogP contribution >= 0.6 is 0 Å². The highest BCUT2D eigenvalue weighted by molar-refractivity contribution is 6.29. The van der Waals surface area contributed by atoms with E-state index in [2.05, 4.69) is 27.4 Å². The second-order valence-corrected chi connectivity index (χ2v) is 6.73. The Bertz CT molecular complexity index is 229. The first-order valence-electron chi connectivity index (χ1n) is 7.00. The van der Waals surface area contributed by atoms with Gasteiger partial charge in [-0.15, -0.1) is 0 Å². The van der Waals surface area contributed by atoms with E-state index in [0.29, 0.717) is 18.3 Å². The van der Waals surface area contributed by atoms with Crippen LogP contribution in [0.15, 0.2) is 12.7 Å². The van der Waals surface area contributed by atoms with E-state index in [0.717, 1.165) is 6.42 Å². The molecule has 0 aromatic carbocycles. The highest BCUT2D eigenvalue weighted by Crippen LogP contribution is 2.19. The van der Waals surface area contributed by atoms with Crippen LogP contribution in [0, 0.1) is 0 Å². The summed E-state index contributed by atoms with van der Waals surface area (Å²) in [4.78, 5) is 11.0. The van der Waals surface area contributed by atoms with Gasteiger partial charge < -0.3 is 9.16 Å². The van der Waals surface area contributed by atoms with E-state index in [9.17, 15) is 4.79 Å². The minimum atomic E-state index is -0.518. The largest absolute Gasteiger partial charge is 0.463 e. The number of carbonyl (C=O) groups is 1. The Labute approximate surface area is 114 Å². The van der Waals surface area contributed by atoms with Crippen LogP contribution in [-0.2, 0) is 14.0 Å². The van der Waals surface area contributed by atoms with Gasteiger partial charge in [-0.25, -0.2) is 4.79 Å². The van der Waals surface area contributed by atoms with Gasteiger partial charge in [0.05, 0.1) is 6.61 Å². The predicted octanol–water partition coefficient (Wildman–Crippen LogP) is 2.98. The van der Waals surface area contributed by atoms with Crippen molar-refractivity contribution in [3.63, 3.8) is 0 Å². The molecule has 0 bridgehead atoms. The standard InChI is InChI=1S/C14H28O3Si/c1-5-7-8-9-13(18-17-12(3)4)10-11-16-14(15)6-2/h6,12-13H,2,5,7-11,18H2,1,3-4H3. The topological polar surface area (TPSA) is 35.5 Å². The number of rotatable bonds is 11. The van der Waals surface area contributed by atoms with Crippen molar-refractivity contribution in [3.8, 4) is 0 Å². The van der Waals surface area contributed by atoms with Crippen LogP contribution in [0.2, 0.25) is 5.54 Å². The molecule has 1 atom stereocenters. The summed E-state index contributed by atoms with van der Waals surface area (Å²) in [5.74, 6) is -0.325. The van der Waals surface area contributed by atoms with Gasteiger partial charge >= 0.3 is 5.97 Å². The van der Waals surface area contributed by atoms with Crippen molar-refractivity contribution < 1.29 is 14.0 Å². The van der Waals surface area contributed by atoms with Crippen molar-refractivity contribution in [2.45, 2.75) is 64.5 Å². The maximum Gasteiger partial charge on any atom is 0.330 e. The molecule has 0 spiro atoms. The number of esters is 1. The van der Waals surface area contributed by atoms with E-state index in [1.807, 2.05) is 0 Å². The molecule has 0 N–H and O–H groups in total. The SMILES string of the molecule is C=CC(=O)OCCC(CCCCC)[SiH2]OC(C)C. The summed E-state index contributed by atoms with van der Waals surface area (Å²) in [6, 6.07) is 0. The molecule has 0 aliphatic heterocycles. The summed E-state index contributed by atoms with van der Waals surface area (Å²) < 4.78 is 10.8. The molecule has 106 valence electrons. The number of hydrogen-bond acceptors (Lipinski definition) is 3. The van der Waals surface area contributed by atoms with Crippen LogP contribution in [0.5, 0.6) is 0 Å². The van der Waals surface area contributed by atoms with Crippen molar-refractivity contribution in [1.29, 1.82) is 0 Å². The fraction of sp³-hybridized carbons (Fsp3) is 0.786. The monoisotopic (exact) mass is 272 g/mol. The van der Waals surface area contributed by atoms with E-state index in [4.69, 9.17) is 9.16 Å². The lowest BCUT2D eigenvalue weighted by Crippen LogP contribution is -2.16. The van der Waals surface area contributed by atoms with Gasteiger partial charge in [-0.1, -0.05) is 39.2 Å². The van der Waals surface area contributed by atoms with Gasteiger partial charge in [-0.3, -0.25) is 0 Å². The summed E-state index contributed by atoms with van der Waals surface area (Å²) in [6.07, 6.45) is 7.45. The average Bonchev–Trinajstić information content (AvgIpc) is 2.35. The molecule has 4 heteroatoms. The molecule has 0 rings (SSSR count). The third kappa shape index (κ3) is 10.5. The minimum Gasteiger partial charge on any atom is -0.463 e. The van der Waals surface area contributed by atoms with E-state index >= 15 is 0 Å². The molecule has 0 saturated heterocycles. The molecule has 1 unspecified atom stereocenters. The highest BCUT2D eigenvalue weighted by Gasteiger charge is 2.11. The molecule has 0 aromatic rings. The zero-order chi connectivity index (χ0) is 13.8. The van der Waals surface area contributed by atoms with Crippen molar-refractivity contribution in [2.75, 3.05) is 6.61 Å². The summed E-state index contributed by atoms with van der Waals surface area (Å²) >= 11 is 0. The van der Waals surface area contributed by atoms with Crippen LogP contribution in [0.3, 0.4) is 0 Å². The van der Waals surface area contributed by atoms with Crippen molar-refractivity contribution in [1.82, 2.24) is 0 Å². The first-order chi connectivity index (χ1) is 8.60. The summed E-state index contributed by atoms with van der Waals surface area (Å²) in [5, 5.41) is 0. The molecule has 0 saturated carbocycles. The highest BCUT2D eigenvalue weighted by atomic mass is 28.2. The maximum atomic E-state index is 11.0. The van der Waals surface area contributed by atoms with Gasteiger partial charge in [0.2, 0.25) is 0 Å². The molecule has 0 aromatic heterocycles. The predicted molar refractivity (Wildman–Crippen MR) is 78.4 cm³/mol. The maximum absolute atomic E-state index is 11.0. The quantitative estimate of drug-likeness (QED) is 0.251. The van der Waals surface area contributed by atoms with E-state index < -0.39 is 9.76 Å². The van der Waals surface area contributed by atoms with Crippen LogP contribution in [0.25, 0.3) is 0 Å². The van der Waals surface area contributed by atoms with Crippen LogP contribution in [-0.4, -0.2) is 28.4 Å². The third-order valence-corrected chi connectivity index (χ3v) is 4.97. The second-order valence-electron chi connectivity index (χ2n) is 4.90. The third-order valence-electron chi connectivity index (χ3n) is 2.82. The first-order valence-corrected chi connectivity index (χ1v) is 8.40. The number of carbonyl (C=O) groups excluding carboxylic acids is 1. The fourth-order valence-electron chi connectivity index (χ4n) is 1.71. The van der Waals surface area contributed by atoms with Crippen molar-refractivity contribution >= 4 is 15.7 Å². The van der Waals surface area contributed by atoms with E-state index in [1.165, 1.54) is 31.8 Å². The summed E-state index contributed by atoms with van der Waals surface area (Å²) in [5.41, 5.74) is 0.622. The molecule has 0 aliphatic carbocycles. The Hall–Kier alpha value is -0.613. The molecule has 0 amide bonds.